The lowest BCUT2D eigenvalue weighted by atomic mass is 9.96. The number of aliphatic carboxylic acids is 1. The Morgan fingerprint density at radius 2 is 2.16 bits per heavy atom. The van der Waals surface area contributed by atoms with Crippen molar-refractivity contribution in [2.24, 2.45) is 5.92 Å². The average molecular weight is 269 g/mol. The maximum absolute atomic E-state index is 12.1. The molecule has 0 radical (unpaired) electrons. The van der Waals surface area contributed by atoms with Gasteiger partial charge in [-0.1, -0.05) is 0 Å². The summed E-state index contributed by atoms with van der Waals surface area (Å²) in [6, 6.07) is 0.0105. The van der Waals surface area contributed by atoms with Crippen LogP contribution in [-0.2, 0) is 4.79 Å². The van der Waals surface area contributed by atoms with Crippen LogP contribution in [0.15, 0.2) is 0 Å². The second kappa shape index (κ2) is 5.00. The molecule has 2 aliphatic heterocycles. The van der Waals surface area contributed by atoms with E-state index in [1.54, 1.807) is 4.90 Å². The monoisotopic (exact) mass is 269 g/mol. The lowest BCUT2D eigenvalue weighted by Gasteiger charge is -2.33. The predicted octanol–water partition coefficient (Wildman–Crippen LogP) is 0.585. The molecule has 108 valence electrons. The van der Waals surface area contributed by atoms with Crippen LogP contribution in [-0.4, -0.2) is 65.2 Å². The number of urea groups is 1. The SMILES string of the molecule is CN1CCC(C2CN(C(C)(C)CC(=O)O)C(=O)N2)C1. The number of carboxylic acids is 1. The Labute approximate surface area is 113 Å². The number of nitrogens with zero attached hydrogens (tertiary/aromatic N) is 2. The van der Waals surface area contributed by atoms with Crippen LogP contribution >= 0.6 is 0 Å². The molecule has 2 saturated heterocycles. The Balaban J connectivity index is 2.01. The number of hydrogen-bond donors (Lipinski definition) is 2. The summed E-state index contributed by atoms with van der Waals surface area (Å²) in [5.41, 5.74) is -0.644. The van der Waals surface area contributed by atoms with E-state index in [0.717, 1.165) is 19.5 Å². The van der Waals surface area contributed by atoms with E-state index in [4.69, 9.17) is 5.11 Å². The molecule has 19 heavy (non-hydrogen) atoms. The van der Waals surface area contributed by atoms with Crippen LogP contribution in [0.2, 0.25) is 0 Å². The second-order valence-corrected chi connectivity index (χ2v) is 6.36. The number of likely N-dealkylation sites (tertiary alicyclic amines) is 1. The molecule has 0 saturated carbocycles. The first-order valence-corrected chi connectivity index (χ1v) is 6.78. The molecule has 2 unspecified atom stereocenters. The van der Waals surface area contributed by atoms with Crippen molar-refractivity contribution in [2.45, 2.75) is 38.3 Å². The van der Waals surface area contributed by atoms with Gasteiger partial charge in [0.2, 0.25) is 0 Å². The van der Waals surface area contributed by atoms with Gasteiger partial charge in [-0.2, -0.15) is 0 Å². The van der Waals surface area contributed by atoms with E-state index in [0.29, 0.717) is 12.5 Å². The number of carboxylic acid groups (broad SMARTS) is 1. The van der Waals surface area contributed by atoms with Gasteiger partial charge < -0.3 is 20.2 Å². The van der Waals surface area contributed by atoms with Gasteiger partial charge in [0.1, 0.15) is 0 Å². The first-order chi connectivity index (χ1) is 8.79. The smallest absolute Gasteiger partial charge is 0.318 e. The van der Waals surface area contributed by atoms with Crippen LogP contribution in [0.1, 0.15) is 26.7 Å². The third-order valence-corrected chi connectivity index (χ3v) is 4.24. The Hall–Kier alpha value is -1.30. The van der Waals surface area contributed by atoms with Crippen molar-refractivity contribution in [1.29, 1.82) is 0 Å². The molecule has 6 nitrogen and oxygen atoms in total. The molecule has 2 atom stereocenters. The number of hydrogen-bond acceptors (Lipinski definition) is 3. The van der Waals surface area contributed by atoms with Crippen LogP contribution in [0.25, 0.3) is 0 Å². The fraction of sp³-hybridized carbons (Fsp3) is 0.846. The molecule has 0 bridgehead atoms. The minimum atomic E-state index is -0.873. The van der Waals surface area contributed by atoms with Crippen molar-refractivity contribution < 1.29 is 14.7 Å². The van der Waals surface area contributed by atoms with Gasteiger partial charge in [0.05, 0.1) is 12.5 Å². The summed E-state index contributed by atoms with van der Waals surface area (Å²) in [7, 11) is 2.09. The van der Waals surface area contributed by atoms with E-state index < -0.39 is 11.5 Å². The van der Waals surface area contributed by atoms with Crippen molar-refractivity contribution >= 4 is 12.0 Å². The number of nitrogens with one attached hydrogen (secondary N) is 1. The first-order valence-electron chi connectivity index (χ1n) is 6.78. The molecule has 2 aliphatic rings. The van der Waals surface area contributed by atoms with Gasteiger partial charge in [0.25, 0.3) is 0 Å². The summed E-state index contributed by atoms with van der Waals surface area (Å²) in [5.74, 6) is -0.401. The molecule has 2 rings (SSSR count). The standard InChI is InChI=1S/C13H23N3O3/c1-13(2,6-11(17)18)16-8-10(14-12(16)19)9-4-5-15(3)7-9/h9-10H,4-8H2,1-3H3,(H,14,19)(H,17,18). The Bertz CT molecular complexity index is 383. The van der Waals surface area contributed by atoms with E-state index in [1.807, 2.05) is 13.8 Å². The largest absolute Gasteiger partial charge is 0.481 e. The topological polar surface area (TPSA) is 72.9 Å². The molecule has 0 aromatic heterocycles. The highest BCUT2D eigenvalue weighted by Crippen LogP contribution is 2.28. The van der Waals surface area contributed by atoms with Gasteiger partial charge >= 0.3 is 12.0 Å². The molecule has 2 heterocycles. The van der Waals surface area contributed by atoms with Crippen LogP contribution in [0, 0.1) is 5.92 Å². The Morgan fingerprint density at radius 3 is 2.68 bits per heavy atom. The molecule has 2 amide bonds. The van der Waals surface area contributed by atoms with E-state index in [9.17, 15) is 9.59 Å². The highest BCUT2D eigenvalue weighted by molar-refractivity contribution is 5.79. The molecule has 0 aromatic rings. The van der Waals surface area contributed by atoms with Gasteiger partial charge in [-0.3, -0.25) is 4.79 Å². The zero-order valence-corrected chi connectivity index (χ0v) is 11.8. The molecular weight excluding hydrogens is 246 g/mol. The Morgan fingerprint density at radius 1 is 1.47 bits per heavy atom. The molecule has 0 aromatic carbocycles. The minimum Gasteiger partial charge on any atom is -0.481 e. The van der Waals surface area contributed by atoms with Gasteiger partial charge in [-0.25, -0.2) is 4.79 Å². The van der Waals surface area contributed by atoms with Crippen LogP contribution in [0.4, 0.5) is 4.79 Å². The van der Waals surface area contributed by atoms with Crippen molar-refractivity contribution in [3.05, 3.63) is 0 Å². The number of carbonyl (C=O) groups is 2. The summed E-state index contributed by atoms with van der Waals surface area (Å²) in [6.45, 7) is 6.29. The van der Waals surface area contributed by atoms with Crippen molar-refractivity contribution in [2.75, 3.05) is 26.7 Å². The highest BCUT2D eigenvalue weighted by Gasteiger charge is 2.43. The van der Waals surface area contributed by atoms with Crippen LogP contribution in [0.3, 0.4) is 0 Å². The molecule has 0 spiro atoms. The zero-order chi connectivity index (χ0) is 14.2. The molecule has 2 fully saturated rings. The average Bonchev–Trinajstić information content (AvgIpc) is 2.82. The third kappa shape index (κ3) is 3.00. The summed E-state index contributed by atoms with van der Waals surface area (Å²) in [5, 5.41) is 12.0. The van der Waals surface area contributed by atoms with E-state index >= 15 is 0 Å². The van der Waals surface area contributed by atoms with Crippen molar-refractivity contribution in [3.8, 4) is 0 Å². The molecule has 6 heteroatoms. The number of carbonyl (C=O) groups excluding carboxylic acids is 1. The fourth-order valence-electron chi connectivity index (χ4n) is 3.11. The fourth-order valence-corrected chi connectivity index (χ4v) is 3.11. The number of amides is 2. The van der Waals surface area contributed by atoms with Crippen LogP contribution in [0.5, 0.6) is 0 Å². The summed E-state index contributed by atoms with van der Waals surface area (Å²) >= 11 is 0. The summed E-state index contributed by atoms with van der Waals surface area (Å²) < 4.78 is 0. The third-order valence-electron chi connectivity index (χ3n) is 4.24. The van der Waals surface area contributed by atoms with Crippen LogP contribution < -0.4 is 5.32 Å². The minimum absolute atomic E-state index is 0.0301. The van der Waals surface area contributed by atoms with Gasteiger partial charge in [0.15, 0.2) is 0 Å². The van der Waals surface area contributed by atoms with Gasteiger partial charge in [-0.05, 0) is 39.8 Å². The maximum atomic E-state index is 12.1. The van der Waals surface area contributed by atoms with Gasteiger partial charge in [0, 0.05) is 18.6 Å². The van der Waals surface area contributed by atoms with E-state index in [2.05, 4.69) is 17.3 Å². The normalized spacial score (nSPS) is 28.8. The molecule has 0 aliphatic carbocycles. The summed E-state index contributed by atoms with van der Waals surface area (Å²) in [6.07, 6.45) is 1.06. The maximum Gasteiger partial charge on any atom is 0.318 e. The lowest BCUT2D eigenvalue weighted by molar-refractivity contribution is -0.139. The predicted molar refractivity (Wildman–Crippen MR) is 71.0 cm³/mol. The van der Waals surface area contributed by atoms with Crippen molar-refractivity contribution in [3.63, 3.8) is 0 Å². The lowest BCUT2D eigenvalue weighted by Crippen LogP contribution is -2.47. The Kier molecular flexibility index (Phi) is 3.71. The second-order valence-electron chi connectivity index (χ2n) is 6.36. The molecular formula is C13H23N3O3. The quantitative estimate of drug-likeness (QED) is 0.783. The highest BCUT2D eigenvalue weighted by atomic mass is 16.4. The first kappa shape index (κ1) is 14.1. The van der Waals surface area contributed by atoms with E-state index in [-0.39, 0.29) is 18.5 Å². The number of rotatable bonds is 4. The summed E-state index contributed by atoms with van der Waals surface area (Å²) in [4.78, 5) is 26.9. The van der Waals surface area contributed by atoms with Gasteiger partial charge in [-0.15, -0.1) is 0 Å². The zero-order valence-electron chi connectivity index (χ0n) is 11.8. The van der Waals surface area contributed by atoms with E-state index in [1.165, 1.54) is 0 Å². The van der Waals surface area contributed by atoms with Crippen molar-refractivity contribution in [1.82, 2.24) is 15.1 Å². The molecule has 2 N–H and O–H groups in total.